The molecule has 1 rings (SSSR count). The molecule has 0 saturated carbocycles. The highest BCUT2D eigenvalue weighted by molar-refractivity contribution is 6.39. The van der Waals surface area contributed by atoms with Crippen molar-refractivity contribution in [2.24, 2.45) is 0 Å². The molecule has 0 spiro atoms. The van der Waals surface area contributed by atoms with Gasteiger partial charge in [0.2, 0.25) is 0 Å². The Morgan fingerprint density at radius 1 is 1.25 bits per heavy atom. The molecule has 16 heavy (non-hydrogen) atoms. The Labute approximate surface area is 93.5 Å². The van der Waals surface area contributed by atoms with Crippen LogP contribution in [0.25, 0.3) is 0 Å². The third-order valence-electron chi connectivity index (χ3n) is 1.89. The summed E-state index contributed by atoms with van der Waals surface area (Å²) < 4.78 is 0. The van der Waals surface area contributed by atoms with Crippen LogP contribution < -0.4 is 10.6 Å². The lowest BCUT2D eigenvalue weighted by Crippen LogP contribution is -2.42. The van der Waals surface area contributed by atoms with Gasteiger partial charge in [-0.1, -0.05) is 18.2 Å². The van der Waals surface area contributed by atoms with Crippen LogP contribution in [0.2, 0.25) is 0 Å². The number of aliphatic hydroxyl groups is 1. The first-order valence-electron chi connectivity index (χ1n) is 4.91. The molecular weight excluding hydrogens is 208 g/mol. The molecule has 0 fully saturated rings. The van der Waals surface area contributed by atoms with Gasteiger partial charge in [-0.25, -0.2) is 0 Å². The number of rotatable bonds is 3. The van der Waals surface area contributed by atoms with Crippen LogP contribution in [-0.4, -0.2) is 29.6 Å². The van der Waals surface area contributed by atoms with Crippen LogP contribution >= 0.6 is 0 Å². The number of nitrogens with one attached hydrogen (secondary N) is 2. The van der Waals surface area contributed by atoms with E-state index in [4.69, 9.17) is 5.11 Å². The van der Waals surface area contributed by atoms with Crippen LogP contribution in [0.4, 0.5) is 5.69 Å². The van der Waals surface area contributed by atoms with E-state index < -0.39 is 17.9 Å². The molecule has 0 aliphatic heterocycles. The van der Waals surface area contributed by atoms with E-state index in [9.17, 15) is 9.59 Å². The van der Waals surface area contributed by atoms with Gasteiger partial charge in [0.1, 0.15) is 0 Å². The Morgan fingerprint density at radius 2 is 1.88 bits per heavy atom. The van der Waals surface area contributed by atoms with E-state index >= 15 is 0 Å². The van der Waals surface area contributed by atoms with Gasteiger partial charge in [0.05, 0.1) is 6.61 Å². The molecular formula is C11H14N2O3. The molecule has 1 aromatic carbocycles. The Hall–Kier alpha value is -1.88. The minimum atomic E-state index is -0.759. The minimum absolute atomic E-state index is 0.204. The second-order valence-corrected chi connectivity index (χ2v) is 3.38. The minimum Gasteiger partial charge on any atom is -0.394 e. The zero-order valence-electron chi connectivity index (χ0n) is 8.93. The number of carbonyl (C=O) groups is 2. The molecule has 0 saturated heterocycles. The Bertz CT molecular complexity index is 365. The van der Waals surface area contributed by atoms with E-state index in [-0.39, 0.29) is 6.61 Å². The first kappa shape index (κ1) is 12.2. The van der Waals surface area contributed by atoms with Crippen LogP contribution in [-0.2, 0) is 9.59 Å². The quantitative estimate of drug-likeness (QED) is 0.636. The number of aliphatic hydroxyl groups excluding tert-OH is 1. The fourth-order valence-electron chi connectivity index (χ4n) is 1.04. The van der Waals surface area contributed by atoms with Crippen molar-refractivity contribution < 1.29 is 14.7 Å². The fraction of sp³-hybridized carbons (Fsp3) is 0.273. The topological polar surface area (TPSA) is 78.4 Å². The highest BCUT2D eigenvalue weighted by Crippen LogP contribution is 2.04. The van der Waals surface area contributed by atoms with Crippen molar-refractivity contribution in [3.63, 3.8) is 0 Å². The molecule has 1 aromatic rings. The normalized spacial score (nSPS) is 11.6. The summed E-state index contributed by atoms with van der Waals surface area (Å²) in [5, 5.41) is 13.5. The number of anilines is 1. The van der Waals surface area contributed by atoms with Gasteiger partial charge in [0.25, 0.3) is 0 Å². The smallest absolute Gasteiger partial charge is 0.313 e. The summed E-state index contributed by atoms with van der Waals surface area (Å²) in [5.41, 5.74) is 0.555. The monoisotopic (exact) mass is 222 g/mol. The zero-order chi connectivity index (χ0) is 12.0. The number of carbonyl (C=O) groups excluding carboxylic acids is 2. The summed E-state index contributed by atoms with van der Waals surface area (Å²) in [4.78, 5) is 22.6. The van der Waals surface area contributed by atoms with E-state index in [1.807, 2.05) is 6.07 Å². The van der Waals surface area contributed by atoms with Gasteiger partial charge >= 0.3 is 11.8 Å². The number of para-hydroxylation sites is 1. The lowest BCUT2D eigenvalue weighted by atomic mass is 10.3. The van der Waals surface area contributed by atoms with Crippen molar-refractivity contribution in [1.82, 2.24) is 5.32 Å². The zero-order valence-corrected chi connectivity index (χ0v) is 8.93. The fourth-order valence-corrected chi connectivity index (χ4v) is 1.04. The molecule has 0 aliphatic rings. The molecule has 1 atom stereocenters. The largest absolute Gasteiger partial charge is 0.394 e. The maximum Gasteiger partial charge on any atom is 0.313 e. The van der Waals surface area contributed by atoms with Crippen molar-refractivity contribution in [1.29, 1.82) is 0 Å². The lowest BCUT2D eigenvalue weighted by molar-refractivity contribution is -0.136. The van der Waals surface area contributed by atoms with Crippen molar-refractivity contribution in [3.8, 4) is 0 Å². The van der Waals surface area contributed by atoms with Gasteiger partial charge in [-0.3, -0.25) is 9.59 Å². The highest BCUT2D eigenvalue weighted by Gasteiger charge is 2.15. The van der Waals surface area contributed by atoms with Gasteiger partial charge in [-0.2, -0.15) is 0 Å². The average molecular weight is 222 g/mol. The molecule has 0 aliphatic carbocycles. The molecule has 1 unspecified atom stereocenters. The standard InChI is InChI=1S/C11H14N2O3/c1-8(7-14)12-10(15)11(16)13-9-5-3-2-4-6-9/h2-6,8,14H,7H2,1H3,(H,12,15)(H,13,16). The number of benzene rings is 1. The predicted octanol–water partition coefficient (Wildman–Crippen LogP) is 0.122. The van der Waals surface area contributed by atoms with Gasteiger partial charge in [0, 0.05) is 11.7 Å². The van der Waals surface area contributed by atoms with Crippen molar-refractivity contribution >= 4 is 17.5 Å². The number of hydrogen-bond acceptors (Lipinski definition) is 3. The molecule has 0 heterocycles. The van der Waals surface area contributed by atoms with E-state index in [0.29, 0.717) is 5.69 Å². The summed E-state index contributed by atoms with van der Waals surface area (Å²) in [5.74, 6) is -1.50. The second-order valence-electron chi connectivity index (χ2n) is 3.38. The van der Waals surface area contributed by atoms with Crippen LogP contribution in [0.3, 0.4) is 0 Å². The van der Waals surface area contributed by atoms with Crippen LogP contribution in [0, 0.1) is 0 Å². The third kappa shape index (κ3) is 3.70. The second kappa shape index (κ2) is 5.87. The summed E-state index contributed by atoms with van der Waals surface area (Å²) in [6.07, 6.45) is 0. The first-order valence-corrected chi connectivity index (χ1v) is 4.91. The van der Waals surface area contributed by atoms with Crippen molar-refractivity contribution in [3.05, 3.63) is 30.3 Å². The lowest BCUT2D eigenvalue weighted by Gasteiger charge is -2.10. The van der Waals surface area contributed by atoms with Crippen molar-refractivity contribution in [2.45, 2.75) is 13.0 Å². The summed E-state index contributed by atoms with van der Waals surface area (Å²) in [6, 6.07) is 8.24. The Balaban J connectivity index is 2.50. The molecule has 5 nitrogen and oxygen atoms in total. The van der Waals surface area contributed by atoms with Crippen LogP contribution in [0.5, 0.6) is 0 Å². The summed E-state index contributed by atoms with van der Waals surface area (Å²) >= 11 is 0. The van der Waals surface area contributed by atoms with Gasteiger partial charge < -0.3 is 15.7 Å². The van der Waals surface area contributed by atoms with Gasteiger partial charge in [-0.15, -0.1) is 0 Å². The maximum atomic E-state index is 11.4. The Morgan fingerprint density at radius 3 is 2.44 bits per heavy atom. The number of amides is 2. The van der Waals surface area contributed by atoms with E-state index in [0.717, 1.165) is 0 Å². The molecule has 86 valence electrons. The molecule has 0 aromatic heterocycles. The van der Waals surface area contributed by atoms with E-state index in [1.165, 1.54) is 0 Å². The van der Waals surface area contributed by atoms with Gasteiger partial charge in [0.15, 0.2) is 0 Å². The maximum absolute atomic E-state index is 11.4. The van der Waals surface area contributed by atoms with Crippen LogP contribution in [0.1, 0.15) is 6.92 Å². The number of hydrogen-bond donors (Lipinski definition) is 3. The molecule has 0 radical (unpaired) electrons. The van der Waals surface area contributed by atoms with Crippen molar-refractivity contribution in [2.75, 3.05) is 11.9 Å². The van der Waals surface area contributed by atoms with E-state index in [2.05, 4.69) is 10.6 Å². The van der Waals surface area contributed by atoms with Gasteiger partial charge in [-0.05, 0) is 19.1 Å². The predicted molar refractivity (Wildman–Crippen MR) is 59.8 cm³/mol. The average Bonchev–Trinajstić information content (AvgIpc) is 2.30. The van der Waals surface area contributed by atoms with Crippen LogP contribution in [0.15, 0.2) is 30.3 Å². The summed E-state index contributed by atoms with van der Waals surface area (Å²) in [7, 11) is 0. The highest BCUT2D eigenvalue weighted by atomic mass is 16.3. The SMILES string of the molecule is CC(CO)NC(=O)C(=O)Nc1ccccc1. The Kier molecular flexibility index (Phi) is 4.47. The first-order chi connectivity index (χ1) is 7.63. The third-order valence-corrected chi connectivity index (χ3v) is 1.89. The molecule has 3 N–H and O–H groups in total. The molecule has 2 amide bonds. The molecule has 5 heteroatoms. The summed E-state index contributed by atoms with van der Waals surface area (Å²) in [6.45, 7) is 1.40. The molecule has 0 bridgehead atoms. The van der Waals surface area contributed by atoms with E-state index in [1.54, 1.807) is 31.2 Å².